The summed E-state index contributed by atoms with van der Waals surface area (Å²) in [6.45, 7) is 3.29. The van der Waals surface area contributed by atoms with E-state index in [4.69, 9.17) is 0 Å². The molecule has 0 aromatic carbocycles. The standard InChI is InChI=1S/C11H13N3O3S2/c1-7(9-3-5-12-6-4-9)14-19(16,17)10-8(2)13-11(15)18-10/h3-7,14H,1-2H3,(H,13,15). The van der Waals surface area contributed by atoms with Crippen LogP contribution < -0.4 is 9.60 Å². The lowest BCUT2D eigenvalue weighted by Gasteiger charge is -2.13. The number of nitrogens with one attached hydrogen (secondary N) is 2. The van der Waals surface area contributed by atoms with Crippen molar-refractivity contribution in [2.24, 2.45) is 0 Å². The van der Waals surface area contributed by atoms with Crippen LogP contribution in [-0.4, -0.2) is 18.4 Å². The van der Waals surface area contributed by atoms with Crippen molar-refractivity contribution in [1.82, 2.24) is 14.7 Å². The van der Waals surface area contributed by atoms with Crippen LogP contribution in [0.4, 0.5) is 0 Å². The Bertz CT molecular complexity index is 719. The summed E-state index contributed by atoms with van der Waals surface area (Å²) >= 11 is 0.685. The smallest absolute Gasteiger partial charge is 0.305 e. The molecule has 0 saturated carbocycles. The fraction of sp³-hybridized carbons (Fsp3) is 0.273. The number of hydrogen-bond acceptors (Lipinski definition) is 5. The Hall–Kier alpha value is -1.51. The summed E-state index contributed by atoms with van der Waals surface area (Å²) in [5.74, 6) is 0. The van der Waals surface area contributed by atoms with Crippen molar-refractivity contribution in [3.8, 4) is 0 Å². The van der Waals surface area contributed by atoms with Crippen LogP contribution in [0.1, 0.15) is 24.2 Å². The molecule has 0 aliphatic heterocycles. The van der Waals surface area contributed by atoms with E-state index in [0.29, 0.717) is 17.0 Å². The van der Waals surface area contributed by atoms with Gasteiger partial charge in [0.05, 0.1) is 0 Å². The minimum absolute atomic E-state index is 0.0263. The lowest BCUT2D eigenvalue weighted by molar-refractivity contribution is 0.568. The van der Waals surface area contributed by atoms with Crippen LogP contribution in [0.2, 0.25) is 0 Å². The lowest BCUT2D eigenvalue weighted by atomic mass is 10.1. The summed E-state index contributed by atoms with van der Waals surface area (Å²) < 4.78 is 26.9. The van der Waals surface area contributed by atoms with Crippen molar-refractivity contribution in [3.63, 3.8) is 0 Å². The zero-order chi connectivity index (χ0) is 14.0. The van der Waals surface area contributed by atoms with E-state index in [2.05, 4.69) is 14.7 Å². The first kappa shape index (κ1) is 13.9. The SMILES string of the molecule is Cc1[nH]c(=O)sc1S(=O)(=O)NC(C)c1ccncc1. The molecule has 0 aliphatic rings. The number of nitrogens with zero attached hydrogens (tertiary/aromatic N) is 1. The van der Waals surface area contributed by atoms with E-state index >= 15 is 0 Å². The maximum absolute atomic E-state index is 12.2. The first-order valence-electron chi connectivity index (χ1n) is 5.52. The number of hydrogen-bond donors (Lipinski definition) is 2. The topological polar surface area (TPSA) is 91.9 Å². The van der Waals surface area contributed by atoms with E-state index in [1.165, 1.54) is 0 Å². The number of rotatable bonds is 4. The van der Waals surface area contributed by atoms with E-state index < -0.39 is 16.1 Å². The maximum atomic E-state index is 12.2. The van der Waals surface area contributed by atoms with Gasteiger partial charge in [0.25, 0.3) is 10.0 Å². The zero-order valence-electron chi connectivity index (χ0n) is 10.4. The number of pyridine rings is 1. The van der Waals surface area contributed by atoms with E-state index in [1.807, 2.05) is 0 Å². The van der Waals surface area contributed by atoms with Gasteiger partial charge < -0.3 is 4.98 Å². The predicted molar refractivity (Wildman–Crippen MR) is 72.7 cm³/mol. The largest absolute Gasteiger partial charge is 0.315 e. The average Bonchev–Trinajstić information content (AvgIpc) is 2.70. The predicted octanol–water partition coefficient (Wildman–Crippen LogP) is 1.18. The fourth-order valence-electron chi connectivity index (χ4n) is 1.65. The first-order chi connectivity index (χ1) is 8.90. The molecule has 6 nitrogen and oxygen atoms in total. The Morgan fingerprint density at radius 1 is 1.37 bits per heavy atom. The molecule has 2 N–H and O–H groups in total. The summed E-state index contributed by atoms with van der Waals surface area (Å²) in [6, 6.07) is 3.07. The molecule has 1 atom stereocenters. The number of aromatic nitrogens is 2. The second-order valence-corrected chi connectivity index (χ2v) is 6.94. The van der Waals surface area contributed by atoms with Gasteiger partial charge in [-0.15, -0.1) is 0 Å². The summed E-state index contributed by atoms with van der Waals surface area (Å²) in [5, 5.41) is 0. The van der Waals surface area contributed by atoms with Gasteiger partial charge in [0, 0.05) is 24.1 Å². The molecule has 0 radical (unpaired) electrons. The van der Waals surface area contributed by atoms with E-state index in [0.717, 1.165) is 5.56 Å². The van der Waals surface area contributed by atoms with Crippen molar-refractivity contribution >= 4 is 21.4 Å². The molecule has 2 heterocycles. The van der Waals surface area contributed by atoms with Crippen LogP contribution in [0.15, 0.2) is 33.5 Å². The number of aromatic amines is 1. The number of aryl methyl sites for hydroxylation is 1. The van der Waals surface area contributed by atoms with E-state index in [-0.39, 0.29) is 9.08 Å². The van der Waals surface area contributed by atoms with Gasteiger partial charge in [-0.25, -0.2) is 13.1 Å². The van der Waals surface area contributed by atoms with Crippen LogP contribution in [0, 0.1) is 6.92 Å². The van der Waals surface area contributed by atoms with E-state index in [9.17, 15) is 13.2 Å². The van der Waals surface area contributed by atoms with Crippen molar-refractivity contribution < 1.29 is 8.42 Å². The molecule has 102 valence electrons. The average molecular weight is 299 g/mol. The molecule has 0 spiro atoms. The summed E-state index contributed by atoms with van der Waals surface area (Å²) in [4.78, 5) is 17.1. The van der Waals surface area contributed by atoms with Crippen molar-refractivity contribution in [1.29, 1.82) is 0 Å². The Kier molecular flexibility index (Phi) is 3.83. The molecule has 0 fully saturated rings. The highest BCUT2D eigenvalue weighted by atomic mass is 32.2. The van der Waals surface area contributed by atoms with Gasteiger partial charge in [0.2, 0.25) is 0 Å². The molecule has 0 aliphatic carbocycles. The summed E-state index contributed by atoms with van der Waals surface area (Å²) in [5.41, 5.74) is 1.16. The van der Waals surface area contributed by atoms with Crippen LogP contribution in [0.3, 0.4) is 0 Å². The second-order valence-electron chi connectivity index (χ2n) is 4.05. The van der Waals surface area contributed by atoms with Crippen LogP contribution in [0.25, 0.3) is 0 Å². The molecule has 0 amide bonds. The molecule has 2 aromatic rings. The van der Waals surface area contributed by atoms with Gasteiger partial charge in [-0.2, -0.15) is 0 Å². The van der Waals surface area contributed by atoms with Gasteiger partial charge in [-0.3, -0.25) is 9.78 Å². The highest BCUT2D eigenvalue weighted by Crippen LogP contribution is 2.19. The van der Waals surface area contributed by atoms with Crippen molar-refractivity contribution in [3.05, 3.63) is 45.5 Å². The minimum Gasteiger partial charge on any atom is -0.315 e. The molecule has 8 heteroatoms. The molecule has 0 saturated heterocycles. The van der Waals surface area contributed by atoms with Gasteiger partial charge in [0.1, 0.15) is 0 Å². The van der Waals surface area contributed by atoms with E-state index in [1.54, 1.807) is 38.4 Å². The molecule has 0 bridgehead atoms. The zero-order valence-corrected chi connectivity index (χ0v) is 12.0. The fourth-order valence-corrected chi connectivity index (χ4v) is 4.20. The molecule has 2 aromatic heterocycles. The molecule has 2 rings (SSSR count). The molecular formula is C11H13N3O3S2. The van der Waals surface area contributed by atoms with Crippen LogP contribution in [-0.2, 0) is 10.0 Å². The third-order valence-corrected chi connectivity index (χ3v) is 5.71. The summed E-state index contributed by atoms with van der Waals surface area (Å²) in [6.07, 6.45) is 3.19. The minimum atomic E-state index is -3.70. The highest BCUT2D eigenvalue weighted by molar-refractivity contribution is 7.91. The highest BCUT2D eigenvalue weighted by Gasteiger charge is 2.23. The third-order valence-electron chi connectivity index (χ3n) is 2.56. The Labute approximate surface area is 114 Å². The summed E-state index contributed by atoms with van der Waals surface area (Å²) in [7, 11) is -3.70. The number of thiazole rings is 1. The van der Waals surface area contributed by atoms with Gasteiger partial charge in [-0.1, -0.05) is 11.3 Å². The molecule has 19 heavy (non-hydrogen) atoms. The quantitative estimate of drug-likeness (QED) is 0.886. The second kappa shape index (κ2) is 5.24. The normalized spacial score (nSPS) is 13.4. The van der Waals surface area contributed by atoms with Crippen LogP contribution >= 0.6 is 11.3 Å². The van der Waals surface area contributed by atoms with Crippen molar-refractivity contribution in [2.75, 3.05) is 0 Å². The first-order valence-corrected chi connectivity index (χ1v) is 7.82. The Morgan fingerprint density at radius 3 is 2.53 bits per heavy atom. The monoisotopic (exact) mass is 299 g/mol. The maximum Gasteiger partial charge on any atom is 0.305 e. The number of sulfonamides is 1. The van der Waals surface area contributed by atoms with Gasteiger partial charge in [-0.05, 0) is 31.5 Å². The number of H-pyrrole nitrogens is 1. The molecular weight excluding hydrogens is 286 g/mol. The Morgan fingerprint density at radius 2 is 2.00 bits per heavy atom. The molecule has 1 unspecified atom stereocenters. The van der Waals surface area contributed by atoms with Crippen molar-refractivity contribution in [2.45, 2.75) is 24.1 Å². The Balaban J connectivity index is 2.28. The lowest BCUT2D eigenvalue weighted by Crippen LogP contribution is -2.26. The van der Waals surface area contributed by atoms with Gasteiger partial charge >= 0.3 is 4.87 Å². The van der Waals surface area contributed by atoms with Gasteiger partial charge in [0.15, 0.2) is 4.21 Å². The third kappa shape index (κ3) is 3.09. The van der Waals surface area contributed by atoms with Crippen LogP contribution in [0.5, 0.6) is 0 Å².